The lowest BCUT2D eigenvalue weighted by Gasteiger charge is -2.37. The topological polar surface area (TPSA) is 150 Å². The van der Waals surface area contributed by atoms with Crippen molar-refractivity contribution < 1.29 is 45.3 Å². The number of hydrogen-bond donors (Lipinski definition) is 4. The summed E-state index contributed by atoms with van der Waals surface area (Å²) in [5.74, 6) is -0.833. The van der Waals surface area contributed by atoms with Gasteiger partial charge in [0.25, 0.3) is 0 Å². The summed E-state index contributed by atoms with van der Waals surface area (Å²) in [6.45, 7) is 13.7. The Balaban J connectivity index is 0.00000736. The van der Waals surface area contributed by atoms with E-state index in [1.54, 1.807) is 43.2 Å². The van der Waals surface area contributed by atoms with E-state index in [-0.39, 0.29) is 38.3 Å². The van der Waals surface area contributed by atoms with Gasteiger partial charge in [-0.3, -0.25) is 4.79 Å². The first-order valence-corrected chi connectivity index (χ1v) is 16.4. The van der Waals surface area contributed by atoms with Crippen LogP contribution >= 0.6 is 0 Å². The highest BCUT2D eigenvalue weighted by Gasteiger charge is 2.47. The molecule has 1 amide bonds. The van der Waals surface area contributed by atoms with E-state index in [0.29, 0.717) is 45.4 Å². The number of aliphatic hydroxyl groups is 3. The smallest absolute Gasteiger partial charge is 0.410 e. The van der Waals surface area contributed by atoms with Crippen LogP contribution < -0.4 is 5.32 Å². The van der Waals surface area contributed by atoms with Crippen LogP contribution in [0.25, 0.3) is 0 Å². The molecule has 0 aromatic rings. The number of ether oxygens (including phenoxy) is 4. The van der Waals surface area contributed by atoms with E-state index in [1.165, 1.54) is 0 Å². The van der Waals surface area contributed by atoms with Gasteiger partial charge in [-0.05, 0) is 51.7 Å². The number of piperazine rings is 1. The van der Waals surface area contributed by atoms with Gasteiger partial charge < -0.3 is 44.5 Å². The molecule has 3 rings (SSSR count). The SMILES string of the molecule is CC[C@H](O)[C@@H](C)[C@H]1O[C@@H]1C[C@@](C)(O)/C=C/C=C(\C)[C@H]1OC(=O)C[C@H](O)CC[C@@](C)(OC)[C@@H](OC(=O)N2CCNCC2)/C=C/[C@@H]1C.[2HH]. The first-order valence-electron chi connectivity index (χ1n) is 16.4. The number of aliphatic hydroxyl groups excluding tert-OH is 2. The molecule has 11 nitrogen and oxygen atoms in total. The maximum atomic E-state index is 13.1. The van der Waals surface area contributed by atoms with Crippen LogP contribution in [0.1, 0.15) is 75.1 Å². The summed E-state index contributed by atoms with van der Waals surface area (Å²) < 4.78 is 23.5. The lowest BCUT2D eigenvalue weighted by molar-refractivity contribution is -0.151. The number of cyclic esters (lactones) is 1. The van der Waals surface area contributed by atoms with Crippen LogP contribution in [-0.4, -0.2) is 113 Å². The Morgan fingerprint density at radius 3 is 2.67 bits per heavy atom. The molecule has 10 atom stereocenters. The Kier molecular flexibility index (Phi) is 13.6. The average molecular weight is 640 g/mol. The Bertz CT molecular complexity index is 1080. The summed E-state index contributed by atoms with van der Waals surface area (Å²) in [5.41, 5.74) is -1.34. The molecule has 0 spiro atoms. The monoisotopic (exact) mass is 639 g/mol. The summed E-state index contributed by atoms with van der Waals surface area (Å²) in [7, 11) is 1.55. The molecular formula is C34H58N2O9. The summed E-state index contributed by atoms with van der Waals surface area (Å²) in [6, 6.07) is 0. The van der Waals surface area contributed by atoms with Crippen LogP contribution in [0.15, 0.2) is 36.0 Å². The normalized spacial score (nSPS) is 35.4. The summed E-state index contributed by atoms with van der Waals surface area (Å²) >= 11 is 0. The Morgan fingerprint density at radius 2 is 2.02 bits per heavy atom. The van der Waals surface area contributed by atoms with Gasteiger partial charge in [0, 0.05) is 53.0 Å². The number of hydrogen-bond acceptors (Lipinski definition) is 10. The number of amides is 1. The predicted octanol–water partition coefficient (Wildman–Crippen LogP) is 3.51. The molecule has 3 aliphatic rings. The molecule has 3 aliphatic heterocycles. The highest BCUT2D eigenvalue weighted by Crippen LogP contribution is 2.37. The third kappa shape index (κ3) is 10.9. The fourth-order valence-electron chi connectivity index (χ4n) is 6.04. The number of nitrogens with zero attached hydrogens (tertiary/aromatic N) is 1. The molecule has 11 heteroatoms. The summed E-state index contributed by atoms with van der Waals surface area (Å²) in [4.78, 5) is 27.6. The lowest BCUT2D eigenvalue weighted by atomic mass is 9.88. The van der Waals surface area contributed by atoms with Gasteiger partial charge in [-0.1, -0.05) is 45.1 Å². The van der Waals surface area contributed by atoms with Crippen LogP contribution in [0.4, 0.5) is 4.79 Å². The van der Waals surface area contributed by atoms with Crippen molar-refractivity contribution in [3.8, 4) is 0 Å². The van der Waals surface area contributed by atoms with E-state index in [0.717, 1.165) is 5.57 Å². The Labute approximate surface area is 270 Å². The van der Waals surface area contributed by atoms with E-state index in [2.05, 4.69) is 5.32 Å². The second kappa shape index (κ2) is 16.5. The molecule has 0 bridgehead atoms. The summed E-state index contributed by atoms with van der Waals surface area (Å²) in [5, 5.41) is 35.0. The molecule has 0 unspecified atom stereocenters. The van der Waals surface area contributed by atoms with Crippen molar-refractivity contribution in [1.82, 2.24) is 10.2 Å². The van der Waals surface area contributed by atoms with Gasteiger partial charge in [-0.25, -0.2) is 4.79 Å². The number of carbonyl (C=O) groups excluding carboxylic acids is 2. The molecule has 0 aromatic carbocycles. The van der Waals surface area contributed by atoms with Crippen LogP contribution in [0, 0.1) is 11.8 Å². The first kappa shape index (κ1) is 37.2. The van der Waals surface area contributed by atoms with Crippen molar-refractivity contribution in [2.24, 2.45) is 11.8 Å². The molecule has 3 heterocycles. The maximum Gasteiger partial charge on any atom is 0.410 e. The van der Waals surface area contributed by atoms with Gasteiger partial charge in [-0.15, -0.1) is 0 Å². The Hall–Kier alpha value is -2.28. The number of carbonyl (C=O) groups is 2. The molecule has 2 fully saturated rings. The highest BCUT2D eigenvalue weighted by atomic mass is 16.6. The molecule has 45 heavy (non-hydrogen) atoms. The largest absolute Gasteiger partial charge is 0.457 e. The van der Waals surface area contributed by atoms with Crippen molar-refractivity contribution in [3.63, 3.8) is 0 Å². The van der Waals surface area contributed by atoms with E-state index in [1.807, 2.05) is 40.7 Å². The van der Waals surface area contributed by atoms with Crippen LogP contribution in [0.5, 0.6) is 0 Å². The van der Waals surface area contributed by atoms with E-state index in [9.17, 15) is 24.9 Å². The summed E-state index contributed by atoms with van der Waals surface area (Å²) in [6.07, 6.45) is 6.95. The molecule has 4 N–H and O–H groups in total. The van der Waals surface area contributed by atoms with Crippen LogP contribution in [0.2, 0.25) is 0 Å². The van der Waals surface area contributed by atoms with Crippen molar-refractivity contribution in [3.05, 3.63) is 36.0 Å². The van der Waals surface area contributed by atoms with Crippen LogP contribution in [-0.2, 0) is 23.7 Å². The Morgan fingerprint density at radius 1 is 1.33 bits per heavy atom. The zero-order chi connectivity index (χ0) is 33.4. The number of allylic oxidation sites excluding steroid dienone is 2. The molecule has 0 aromatic heterocycles. The molecule has 0 radical (unpaired) electrons. The van der Waals surface area contributed by atoms with Crippen molar-refractivity contribution >= 4 is 12.1 Å². The van der Waals surface area contributed by atoms with Gasteiger partial charge in [-0.2, -0.15) is 0 Å². The number of esters is 1. The number of epoxide rings is 1. The van der Waals surface area contributed by atoms with Gasteiger partial charge in [0.1, 0.15) is 11.7 Å². The molecule has 2 saturated heterocycles. The first-order chi connectivity index (χ1) is 21.2. The second-order valence-electron chi connectivity index (χ2n) is 13.4. The number of nitrogens with one attached hydrogen (secondary N) is 1. The highest BCUT2D eigenvalue weighted by molar-refractivity contribution is 5.70. The fraction of sp³-hybridized carbons (Fsp3) is 0.765. The third-order valence-electron chi connectivity index (χ3n) is 9.42. The second-order valence-corrected chi connectivity index (χ2v) is 13.4. The minimum Gasteiger partial charge on any atom is -0.457 e. The van der Waals surface area contributed by atoms with Gasteiger partial charge >= 0.3 is 12.1 Å². The van der Waals surface area contributed by atoms with Crippen LogP contribution in [0.3, 0.4) is 0 Å². The molecule has 258 valence electrons. The molecule has 0 saturated carbocycles. The van der Waals surface area contributed by atoms with Gasteiger partial charge in [0.15, 0.2) is 6.10 Å². The lowest BCUT2D eigenvalue weighted by Crippen LogP contribution is -2.50. The average Bonchev–Trinajstić information content (AvgIpc) is 3.77. The minimum absolute atomic E-state index is 0. The zero-order valence-electron chi connectivity index (χ0n) is 28.1. The predicted molar refractivity (Wildman–Crippen MR) is 173 cm³/mol. The maximum absolute atomic E-state index is 13.1. The van der Waals surface area contributed by atoms with Gasteiger partial charge in [0.05, 0.1) is 36.4 Å². The third-order valence-corrected chi connectivity index (χ3v) is 9.42. The molecular weight excluding hydrogens is 580 g/mol. The quantitative estimate of drug-likeness (QED) is 0.121. The number of rotatable bonds is 10. The van der Waals surface area contributed by atoms with Crippen molar-refractivity contribution in [2.45, 2.75) is 121 Å². The minimum atomic E-state index is -1.14. The molecule has 0 aliphatic carbocycles. The van der Waals surface area contributed by atoms with E-state index in [4.69, 9.17) is 18.9 Å². The number of methoxy groups -OCH3 is 1. The van der Waals surface area contributed by atoms with Crippen molar-refractivity contribution in [1.29, 1.82) is 0 Å². The fourth-order valence-corrected chi connectivity index (χ4v) is 6.04. The van der Waals surface area contributed by atoms with E-state index < -0.39 is 47.7 Å². The standard InChI is InChI=1S/C34H56N2O9.H2/c1-8-26(38)24(4)31-27(43-31)21-33(5,41)14-9-10-22(2)30-23(3)11-12-28(44-32(40)36-18-16-35-17-19-36)34(6,42-7)15-13-25(37)20-29(39)45-30;/h9-12,14,23-28,30-31,35,37-38,41H,8,13,15-21H2,1-7H3;1H/b12-11+,14-9+,22-10+;/t23-,24+,25+,26-,27+,28-,30+,31+,33-,34+;/m0./s1/i;1+1. The zero-order valence-corrected chi connectivity index (χ0v) is 28.1. The van der Waals surface area contributed by atoms with Crippen molar-refractivity contribution in [2.75, 3.05) is 33.3 Å². The van der Waals surface area contributed by atoms with E-state index >= 15 is 0 Å². The van der Waals surface area contributed by atoms with Gasteiger partial charge in [0.2, 0.25) is 0 Å².